The summed E-state index contributed by atoms with van der Waals surface area (Å²) in [5.41, 5.74) is 1.67. The second-order valence-electron chi connectivity index (χ2n) is 6.07. The van der Waals surface area contributed by atoms with Crippen LogP contribution in [0.4, 0.5) is 17.5 Å². The van der Waals surface area contributed by atoms with Crippen molar-refractivity contribution >= 4 is 28.5 Å². The van der Waals surface area contributed by atoms with E-state index in [4.69, 9.17) is 4.74 Å². The molecular formula is C16H21N7O. The highest BCUT2D eigenvalue weighted by Crippen LogP contribution is 2.30. The van der Waals surface area contributed by atoms with E-state index in [1.165, 1.54) is 12.8 Å². The molecule has 1 aliphatic carbocycles. The van der Waals surface area contributed by atoms with E-state index in [2.05, 4.69) is 30.7 Å². The van der Waals surface area contributed by atoms with Crippen LogP contribution in [0.25, 0.3) is 11.0 Å². The number of nitrogens with one attached hydrogen (secondary N) is 3. The summed E-state index contributed by atoms with van der Waals surface area (Å²) < 4.78 is 6.89. The fourth-order valence-corrected chi connectivity index (χ4v) is 2.56. The van der Waals surface area contributed by atoms with E-state index in [0.717, 1.165) is 35.0 Å². The van der Waals surface area contributed by atoms with Crippen LogP contribution in [0.15, 0.2) is 24.7 Å². The molecule has 3 N–H and O–H groups in total. The predicted octanol–water partition coefficient (Wildman–Crippen LogP) is 2.37. The lowest BCUT2D eigenvalue weighted by Crippen LogP contribution is -2.07. The summed E-state index contributed by atoms with van der Waals surface area (Å²) in [6.45, 7) is 2.30. The van der Waals surface area contributed by atoms with Crippen LogP contribution in [0.2, 0.25) is 0 Å². The Labute approximate surface area is 139 Å². The third kappa shape index (κ3) is 3.33. The van der Waals surface area contributed by atoms with E-state index < -0.39 is 0 Å². The van der Waals surface area contributed by atoms with Crippen molar-refractivity contribution in [2.24, 2.45) is 5.92 Å². The number of anilines is 3. The van der Waals surface area contributed by atoms with Crippen molar-refractivity contribution < 1.29 is 4.74 Å². The third-order valence-corrected chi connectivity index (χ3v) is 4.08. The Morgan fingerprint density at radius 3 is 3.12 bits per heavy atom. The molecule has 0 amide bonds. The Hall–Kier alpha value is -2.61. The van der Waals surface area contributed by atoms with Gasteiger partial charge >= 0.3 is 0 Å². The van der Waals surface area contributed by atoms with Gasteiger partial charge in [-0.2, -0.15) is 15.1 Å². The molecule has 0 radical (unpaired) electrons. The SMILES string of the molecule is COCCn1cc(Nc2nc(NCC3CC3)c3cc[nH]c3n2)cn1. The summed E-state index contributed by atoms with van der Waals surface area (Å²) in [5.74, 6) is 2.20. The van der Waals surface area contributed by atoms with Crippen molar-refractivity contribution in [2.45, 2.75) is 19.4 Å². The van der Waals surface area contributed by atoms with E-state index in [1.54, 1.807) is 13.3 Å². The number of nitrogens with zero attached hydrogens (tertiary/aromatic N) is 4. The Morgan fingerprint density at radius 1 is 1.38 bits per heavy atom. The average molecular weight is 327 g/mol. The molecule has 0 aromatic carbocycles. The number of hydrogen-bond acceptors (Lipinski definition) is 6. The monoisotopic (exact) mass is 327 g/mol. The summed E-state index contributed by atoms with van der Waals surface area (Å²) in [4.78, 5) is 12.3. The molecule has 0 atom stereocenters. The van der Waals surface area contributed by atoms with Crippen molar-refractivity contribution in [3.05, 3.63) is 24.7 Å². The first kappa shape index (κ1) is 14.9. The standard InChI is InChI=1S/C16H21N7O/c1-24-7-6-23-10-12(9-19-23)20-16-21-14-13(4-5-17-14)15(22-16)18-8-11-2-3-11/h4-5,9-11H,2-3,6-8H2,1H3,(H3,17,18,20,21,22). The van der Waals surface area contributed by atoms with Crippen LogP contribution in [0.3, 0.4) is 0 Å². The van der Waals surface area contributed by atoms with Crippen molar-refractivity contribution in [3.8, 4) is 0 Å². The molecule has 24 heavy (non-hydrogen) atoms. The molecule has 0 aliphatic heterocycles. The van der Waals surface area contributed by atoms with Gasteiger partial charge in [0.15, 0.2) is 0 Å². The van der Waals surface area contributed by atoms with Crippen LogP contribution in [0.1, 0.15) is 12.8 Å². The van der Waals surface area contributed by atoms with Gasteiger partial charge in [-0.1, -0.05) is 0 Å². The molecule has 0 bridgehead atoms. The minimum atomic E-state index is 0.550. The second-order valence-corrected chi connectivity index (χ2v) is 6.07. The first-order chi connectivity index (χ1) is 11.8. The number of hydrogen-bond donors (Lipinski definition) is 3. The largest absolute Gasteiger partial charge is 0.383 e. The summed E-state index contributed by atoms with van der Waals surface area (Å²) in [5, 5.41) is 12.0. The molecule has 8 nitrogen and oxygen atoms in total. The predicted molar refractivity (Wildman–Crippen MR) is 92.5 cm³/mol. The molecule has 1 saturated carbocycles. The molecule has 1 aliphatic rings. The van der Waals surface area contributed by atoms with E-state index in [1.807, 2.05) is 23.1 Å². The summed E-state index contributed by atoms with van der Waals surface area (Å²) in [7, 11) is 1.68. The highest BCUT2D eigenvalue weighted by atomic mass is 16.5. The zero-order valence-corrected chi connectivity index (χ0v) is 13.6. The quantitative estimate of drug-likeness (QED) is 0.588. The first-order valence-corrected chi connectivity index (χ1v) is 8.19. The molecule has 0 spiro atoms. The van der Waals surface area contributed by atoms with Crippen molar-refractivity contribution in [2.75, 3.05) is 30.9 Å². The normalized spacial score (nSPS) is 14.2. The van der Waals surface area contributed by atoms with Crippen LogP contribution in [0.5, 0.6) is 0 Å². The average Bonchev–Trinajstić information content (AvgIpc) is 3.11. The fourth-order valence-electron chi connectivity index (χ4n) is 2.56. The Kier molecular flexibility index (Phi) is 4.04. The van der Waals surface area contributed by atoms with E-state index in [9.17, 15) is 0 Å². The molecule has 0 unspecified atom stereocenters. The van der Waals surface area contributed by atoms with Gasteiger partial charge in [-0.15, -0.1) is 0 Å². The van der Waals surface area contributed by atoms with Gasteiger partial charge < -0.3 is 20.4 Å². The molecule has 8 heteroatoms. The zero-order valence-electron chi connectivity index (χ0n) is 13.6. The van der Waals surface area contributed by atoms with Crippen molar-refractivity contribution in [3.63, 3.8) is 0 Å². The summed E-state index contributed by atoms with van der Waals surface area (Å²) in [6.07, 6.45) is 8.17. The molecular weight excluding hydrogens is 306 g/mol. The Bertz CT molecular complexity index is 821. The minimum absolute atomic E-state index is 0.550. The van der Waals surface area contributed by atoms with Gasteiger partial charge in [0.2, 0.25) is 5.95 Å². The van der Waals surface area contributed by atoms with Crippen LogP contribution < -0.4 is 10.6 Å². The lowest BCUT2D eigenvalue weighted by molar-refractivity contribution is 0.183. The lowest BCUT2D eigenvalue weighted by atomic mass is 10.3. The van der Waals surface area contributed by atoms with Gasteiger partial charge in [-0.3, -0.25) is 4.68 Å². The van der Waals surface area contributed by atoms with Crippen molar-refractivity contribution in [1.82, 2.24) is 24.7 Å². The molecule has 3 heterocycles. The molecule has 1 fully saturated rings. The van der Waals surface area contributed by atoms with Crippen LogP contribution >= 0.6 is 0 Å². The van der Waals surface area contributed by atoms with E-state index in [0.29, 0.717) is 19.1 Å². The first-order valence-electron chi connectivity index (χ1n) is 8.19. The van der Waals surface area contributed by atoms with Crippen LogP contribution in [0, 0.1) is 5.92 Å². The number of rotatable bonds is 8. The minimum Gasteiger partial charge on any atom is -0.383 e. The fraction of sp³-hybridized carbons (Fsp3) is 0.438. The number of aromatic nitrogens is 5. The van der Waals surface area contributed by atoms with Gasteiger partial charge in [0.25, 0.3) is 0 Å². The maximum Gasteiger partial charge on any atom is 0.231 e. The van der Waals surface area contributed by atoms with Gasteiger partial charge in [0.1, 0.15) is 11.5 Å². The maximum atomic E-state index is 5.06. The number of ether oxygens (including phenoxy) is 1. The lowest BCUT2D eigenvalue weighted by Gasteiger charge is -2.08. The van der Waals surface area contributed by atoms with Crippen molar-refractivity contribution in [1.29, 1.82) is 0 Å². The number of H-pyrrole nitrogens is 1. The smallest absolute Gasteiger partial charge is 0.231 e. The van der Waals surface area contributed by atoms with Crippen LogP contribution in [-0.2, 0) is 11.3 Å². The van der Waals surface area contributed by atoms with E-state index >= 15 is 0 Å². The zero-order chi connectivity index (χ0) is 16.4. The highest BCUT2D eigenvalue weighted by Gasteiger charge is 2.21. The second kappa shape index (κ2) is 6.48. The maximum absolute atomic E-state index is 5.06. The van der Waals surface area contributed by atoms with Gasteiger partial charge in [0, 0.05) is 26.0 Å². The van der Waals surface area contributed by atoms with E-state index in [-0.39, 0.29) is 0 Å². The number of methoxy groups -OCH3 is 1. The van der Waals surface area contributed by atoms with Gasteiger partial charge in [-0.05, 0) is 24.8 Å². The molecule has 4 rings (SSSR count). The highest BCUT2D eigenvalue weighted by molar-refractivity contribution is 5.88. The molecule has 3 aromatic heterocycles. The topological polar surface area (TPSA) is 92.7 Å². The van der Waals surface area contributed by atoms with Crippen LogP contribution in [-0.4, -0.2) is 45.0 Å². The van der Waals surface area contributed by atoms with Gasteiger partial charge in [-0.25, -0.2) is 0 Å². The number of aromatic amines is 1. The summed E-state index contributed by atoms with van der Waals surface area (Å²) >= 11 is 0. The molecule has 0 saturated heterocycles. The Morgan fingerprint density at radius 2 is 2.29 bits per heavy atom. The summed E-state index contributed by atoms with van der Waals surface area (Å²) in [6, 6.07) is 2.00. The Balaban J connectivity index is 1.53. The third-order valence-electron chi connectivity index (χ3n) is 4.08. The van der Waals surface area contributed by atoms with Gasteiger partial charge in [0.05, 0.1) is 30.4 Å². The molecule has 3 aromatic rings. The number of fused-ring (bicyclic) bond motifs is 1. The molecule has 126 valence electrons.